The number of benzene rings is 2. The maximum absolute atomic E-state index is 13.3. The van der Waals surface area contributed by atoms with Crippen molar-refractivity contribution in [3.63, 3.8) is 0 Å². The first-order valence-electron chi connectivity index (χ1n) is 11.0. The van der Waals surface area contributed by atoms with E-state index in [4.69, 9.17) is 4.74 Å². The molecule has 32 heavy (non-hydrogen) atoms. The number of halogens is 3. The van der Waals surface area contributed by atoms with Crippen molar-refractivity contribution in [3.8, 4) is 5.75 Å². The SMILES string of the molecule is COc1ccccc1N1CCN2c3ccc(C(F)(F)F)cc3CC(C(=O)NC3CC3)C2C1. The number of rotatable bonds is 4. The van der Waals surface area contributed by atoms with E-state index in [9.17, 15) is 18.0 Å². The van der Waals surface area contributed by atoms with Crippen LogP contribution in [0.25, 0.3) is 0 Å². The van der Waals surface area contributed by atoms with Gasteiger partial charge >= 0.3 is 6.18 Å². The maximum Gasteiger partial charge on any atom is 0.416 e. The highest BCUT2D eigenvalue weighted by Crippen LogP contribution is 2.41. The third kappa shape index (κ3) is 3.87. The summed E-state index contributed by atoms with van der Waals surface area (Å²) in [6, 6.07) is 11.8. The molecule has 2 unspecified atom stereocenters. The minimum atomic E-state index is -4.40. The van der Waals surface area contributed by atoms with Crippen LogP contribution in [0.15, 0.2) is 42.5 Å². The number of piperazine rings is 1. The minimum absolute atomic E-state index is 0.0626. The number of carbonyl (C=O) groups is 1. The Hall–Kier alpha value is -2.90. The number of carbonyl (C=O) groups excluding carboxylic acids is 1. The Morgan fingerprint density at radius 2 is 1.88 bits per heavy atom. The van der Waals surface area contributed by atoms with Crippen molar-refractivity contribution in [1.29, 1.82) is 0 Å². The lowest BCUT2D eigenvalue weighted by Gasteiger charge is -2.50. The van der Waals surface area contributed by atoms with Crippen molar-refractivity contribution < 1.29 is 22.7 Å². The number of para-hydroxylation sites is 2. The number of ether oxygens (including phenoxy) is 1. The molecule has 3 aliphatic rings. The molecular weight excluding hydrogens is 419 g/mol. The first-order chi connectivity index (χ1) is 15.3. The molecule has 5 nitrogen and oxygen atoms in total. The number of hydrogen-bond donors (Lipinski definition) is 1. The Bertz CT molecular complexity index is 1020. The summed E-state index contributed by atoms with van der Waals surface area (Å²) in [5.41, 5.74) is 1.70. The van der Waals surface area contributed by atoms with Crippen LogP contribution >= 0.6 is 0 Å². The number of methoxy groups -OCH3 is 1. The summed E-state index contributed by atoms with van der Waals surface area (Å²) >= 11 is 0. The standard InChI is InChI=1S/C24H26F3N3O2/c1-32-22-5-3-2-4-20(22)29-10-11-30-19-9-6-16(24(25,26)27)12-15(19)13-18(21(30)14-29)23(31)28-17-7-8-17/h2-6,9,12,17-18,21H,7-8,10-11,13-14H2,1H3,(H,28,31). The van der Waals surface area contributed by atoms with Crippen LogP contribution < -0.4 is 19.9 Å². The fraction of sp³-hybridized carbons (Fsp3) is 0.458. The van der Waals surface area contributed by atoms with Gasteiger partial charge in [0, 0.05) is 31.4 Å². The number of anilines is 2. The predicted octanol–water partition coefficient (Wildman–Crippen LogP) is 3.86. The van der Waals surface area contributed by atoms with Crippen LogP contribution in [0.2, 0.25) is 0 Å². The second kappa shape index (κ2) is 7.90. The zero-order valence-corrected chi connectivity index (χ0v) is 17.9. The van der Waals surface area contributed by atoms with Crippen molar-refractivity contribution >= 4 is 17.3 Å². The van der Waals surface area contributed by atoms with Gasteiger partial charge in [-0.1, -0.05) is 12.1 Å². The van der Waals surface area contributed by atoms with E-state index < -0.39 is 17.7 Å². The lowest BCUT2D eigenvalue weighted by Crippen LogP contribution is -2.61. The van der Waals surface area contributed by atoms with E-state index in [1.165, 1.54) is 6.07 Å². The topological polar surface area (TPSA) is 44.8 Å². The fourth-order valence-electron chi connectivity index (χ4n) is 4.95. The van der Waals surface area contributed by atoms with Crippen LogP contribution in [0.1, 0.15) is 24.0 Å². The highest BCUT2D eigenvalue weighted by atomic mass is 19.4. The average molecular weight is 445 g/mol. The molecule has 2 aromatic rings. The van der Waals surface area contributed by atoms with Gasteiger partial charge in [0.1, 0.15) is 5.75 Å². The van der Waals surface area contributed by atoms with Crippen molar-refractivity contribution in [1.82, 2.24) is 5.32 Å². The summed E-state index contributed by atoms with van der Waals surface area (Å²) in [5, 5.41) is 3.08. The average Bonchev–Trinajstić information content (AvgIpc) is 3.61. The van der Waals surface area contributed by atoms with Crippen LogP contribution in [-0.4, -0.2) is 44.7 Å². The molecule has 1 aliphatic carbocycles. The van der Waals surface area contributed by atoms with Gasteiger partial charge in [-0.3, -0.25) is 4.79 Å². The van der Waals surface area contributed by atoms with Gasteiger partial charge in [0.15, 0.2) is 0 Å². The van der Waals surface area contributed by atoms with E-state index in [1.54, 1.807) is 13.2 Å². The van der Waals surface area contributed by atoms with Gasteiger partial charge in [-0.25, -0.2) is 0 Å². The van der Waals surface area contributed by atoms with E-state index in [2.05, 4.69) is 15.1 Å². The van der Waals surface area contributed by atoms with Crippen molar-refractivity contribution in [2.24, 2.45) is 5.92 Å². The van der Waals surface area contributed by atoms with E-state index in [1.807, 2.05) is 24.3 Å². The summed E-state index contributed by atoms with van der Waals surface area (Å²) in [6.07, 6.45) is -2.16. The number of alkyl halides is 3. The lowest BCUT2D eigenvalue weighted by molar-refractivity contribution is -0.137. The number of nitrogens with one attached hydrogen (secondary N) is 1. The molecule has 1 N–H and O–H groups in total. The summed E-state index contributed by atoms with van der Waals surface area (Å²) < 4.78 is 45.5. The summed E-state index contributed by atoms with van der Waals surface area (Å²) in [7, 11) is 1.63. The lowest BCUT2D eigenvalue weighted by atomic mass is 9.82. The predicted molar refractivity (Wildman–Crippen MR) is 116 cm³/mol. The number of fused-ring (bicyclic) bond motifs is 3. The van der Waals surface area contributed by atoms with Crippen molar-refractivity contribution in [2.75, 3.05) is 36.5 Å². The first kappa shape index (κ1) is 21.0. The zero-order chi connectivity index (χ0) is 22.5. The first-order valence-corrected chi connectivity index (χ1v) is 11.0. The quantitative estimate of drug-likeness (QED) is 0.777. The van der Waals surface area contributed by atoms with Crippen LogP contribution in [0, 0.1) is 5.92 Å². The smallest absolute Gasteiger partial charge is 0.416 e. The van der Waals surface area contributed by atoms with Gasteiger partial charge in [0.2, 0.25) is 5.91 Å². The molecule has 2 atom stereocenters. The Morgan fingerprint density at radius 3 is 2.59 bits per heavy atom. The molecule has 2 aliphatic heterocycles. The Morgan fingerprint density at radius 1 is 1.09 bits per heavy atom. The molecule has 2 heterocycles. The van der Waals surface area contributed by atoms with E-state index >= 15 is 0 Å². The Kier molecular flexibility index (Phi) is 5.18. The van der Waals surface area contributed by atoms with Gasteiger partial charge in [-0.05, 0) is 55.2 Å². The monoisotopic (exact) mass is 445 g/mol. The molecule has 0 aromatic heterocycles. The number of hydrogen-bond acceptors (Lipinski definition) is 4. The Labute approximate surface area is 185 Å². The molecule has 170 valence electrons. The van der Waals surface area contributed by atoms with Gasteiger partial charge < -0.3 is 19.9 Å². The highest BCUT2D eigenvalue weighted by molar-refractivity contribution is 5.83. The van der Waals surface area contributed by atoms with E-state index in [0.717, 1.165) is 36.0 Å². The van der Waals surface area contributed by atoms with Crippen LogP contribution in [0.5, 0.6) is 5.75 Å². The molecule has 1 saturated heterocycles. The van der Waals surface area contributed by atoms with Gasteiger partial charge in [0.25, 0.3) is 0 Å². The fourth-order valence-corrected chi connectivity index (χ4v) is 4.95. The van der Waals surface area contributed by atoms with Crippen LogP contribution in [0.4, 0.5) is 24.5 Å². The van der Waals surface area contributed by atoms with Gasteiger partial charge in [0.05, 0.1) is 30.3 Å². The molecule has 8 heteroatoms. The molecule has 0 bridgehead atoms. The molecule has 2 aromatic carbocycles. The van der Waals surface area contributed by atoms with E-state index in [0.29, 0.717) is 31.6 Å². The summed E-state index contributed by atoms with van der Waals surface area (Å²) in [4.78, 5) is 17.5. The Balaban J connectivity index is 1.49. The number of amides is 1. The molecule has 1 saturated carbocycles. The van der Waals surface area contributed by atoms with Crippen LogP contribution in [-0.2, 0) is 17.4 Å². The summed E-state index contributed by atoms with van der Waals surface area (Å²) in [6.45, 7) is 1.91. The largest absolute Gasteiger partial charge is 0.495 e. The summed E-state index contributed by atoms with van der Waals surface area (Å²) in [5.74, 6) is 0.294. The van der Waals surface area contributed by atoms with Gasteiger partial charge in [-0.15, -0.1) is 0 Å². The normalized spacial score (nSPS) is 22.8. The van der Waals surface area contributed by atoms with Gasteiger partial charge in [-0.2, -0.15) is 13.2 Å². The van der Waals surface area contributed by atoms with Crippen molar-refractivity contribution in [3.05, 3.63) is 53.6 Å². The van der Waals surface area contributed by atoms with E-state index in [-0.39, 0.29) is 18.0 Å². The highest BCUT2D eigenvalue weighted by Gasteiger charge is 2.44. The molecule has 0 radical (unpaired) electrons. The molecule has 1 amide bonds. The molecular formula is C24H26F3N3O2. The molecule has 0 spiro atoms. The number of nitrogens with zero attached hydrogens (tertiary/aromatic N) is 2. The second-order valence-electron chi connectivity index (χ2n) is 8.81. The third-order valence-electron chi connectivity index (χ3n) is 6.73. The zero-order valence-electron chi connectivity index (χ0n) is 17.9. The minimum Gasteiger partial charge on any atom is -0.495 e. The molecule has 5 rings (SSSR count). The second-order valence-corrected chi connectivity index (χ2v) is 8.81. The van der Waals surface area contributed by atoms with Crippen molar-refractivity contribution in [2.45, 2.75) is 37.5 Å². The maximum atomic E-state index is 13.3. The molecule has 2 fully saturated rings. The third-order valence-corrected chi connectivity index (χ3v) is 6.73. The van der Waals surface area contributed by atoms with Crippen LogP contribution in [0.3, 0.4) is 0 Å².